The molecule has 100 valence electrons. The van der Waals surface area contributed by atoms with E-state index in [9.17, 15) is 4.79 Å². The second-order valence-electron chi connectivity index (χ2n) is 5.25. The number of amides is 1. The molecule has 0 saturated carbocycles. The van der Waals surface area contributed by atoms with Gasteiger partial charge in [-0.3, -0.25) is 4.79 Å². The Labute approximate surface area is 119 Å². The maximum atomic E-state index is 12.0. The van der Waals surface area contributed by atoms with E-state index in [1.165, 1.54) is 0 Å². The molecule has 0 heterocycles. The van der Waals surface area contributed by atoms with Gasteiger partial charge in [0.05, 0.1) is 0 Å². The van der Waals surface area contributed by atoms with Crippen LogP contribution in [0.2, 0.25) is 5.02 Å². The molecule has 1 amide bonds. The molecule has 1 rings (SSSR count). The van der Waals surface area contributed by atoms with E-state index in [2.05, 4.69) is 19.2 Å². The van der Waals surface area contributed by atoms with Crippen molar-refractivity contribution in [3.8, 4) is 0 Å². The van der Waals surface area contributed by atoms with Crippen molar-refractivity contribution in [2.24, 2.45) is 5.41 Å². The van der Waals surface area contributed by atoms with Gasteiger partial charge in [-0.15, -0.1) is 11.6 Å². The average Bonchev–Trinajstić information content (AvgIpc) is 2.26. The minimum atomic E-state index is -0.0631. The van der Waals surface area contributed by atoms with Crippen LogP contribution in [0.25, 0.3) is 0 Å². The standard InChI is InChI=1S/C14H19Cl2NO/c1-10-8-11(16)4-5-12(10)13(18)17-9-14(2,3)6-7-15/h4-5,8H,6-7,9H2,1-3H3,(H,17,18). The number of rotatable bonds is 5. The summed E-state index contributed by atoms with van der Waals surface area (Å²) in [5, 5.41) is 3.59. The van der Waals surface area contributed by atoms with Crippen LogP contribution in [0.1, 0.15) is 36.2 Å². The first-order chi connectivity index (χ1) is 8.35. The van der Waals surface area contributed by atoms with Gasteiger partial charge in [0.1, 0.15) is 0 Å². The van der Waals surface area contributed by atoms with Crippen LogP contribution in [-0.2, 0) is 0 Å². The number of hydrogen-bond donors (Lipinski definition) is 1. The lowest BCUT2D eigenvalue weighted by Crippen LogP contribution is -2.34. The van der Waals surface area contributed by atoms with Gasteiger partial charge >= 0.3 is 0 Å². The summed E-state index contributed by atoms with van der Waals surface area (Å²) in [4.78, 5) is 12.0. The Morgan fingerprint density at radius 1 is 1.39 bits per heavy atom. The normalized spacial score (nSPS) is 11.4. The molecule has 4 heteroatoms. The van der Waals surface area contributed by atoms with E-state index in [0.717, 1.165) is 12.0 Å². The Balaban J connectivity index is 2.66. The summed E-state index contributed by atoms with van der Waals surface area (Å²) < 4.78 is 0. The highest BCUT2D eigenvalue weighted by atomic mass is 35.5. The van der Waals surface area contributed by atoms with Crippen molar-refractivity contribution < 1.29 is 4.79 Å². The Hall–Kier alpha value is -0.730. The lowest BCUT2D eigenvalue weighted by Gasteiger charge is -2.24. The van der Waals surface area contributed by atoms with E-state index in [1.54, 1.807) is 18.2 Å². The molecule has 1 aromatic rings. The second kappa shape index (κ2) is 6.44. The van der Waals surface area contributed by atoms with Crippen LogP contribution in [0.3, 0.4) is 0 Å². The van der Waals surface area contributed by atoms with E-state index in [0.29, 0.717) is 23.0 Å². The monoisotopic (exact) mass is 287 g/mol. The highest BCUT2D eigenvalue weighted by Crippen LogP contribution is 2.20. The first-order valence-electron chi connectivity index (χ1n) is 5.96. The number of aryl methyl sites for hydroxylation is 1. The van der Waals surface area contributed by atoms with E-state index >= 15 is 0 Å². The number of carbonyl (C=O) groups is 1. The SMILES string of the molecule is Cc1cc(Cl)ccc1C(=O)NCC(C)(C)CCCl. The highest BCUT2D eigenvalue weighted by molar-refractivity contribution is 6.30. The van der Waals surface area contributed by atoms with Crippen LogP contribution in [-0.4, -0.2) is 18.3 Å². The predicted octanol–water partition coefficient (Wildman–Crippen LogP) is 4.03. The summed E-state index contributed by atoms with van der Waals surface area (Å²) in [6.45, 7) is 6.67. The van der Waals surface area contributed by atoms with Gasteiger partial charge in [-0.25, -0.2) is 0 Å². The fourth-order valence-electron chi connectivity index (χ4n) is 1.64. The Bertz CT molecular complexity index is 430. The molecule has 0 bridgehead atoms. The maximum absolute atomic E-state index is 12.0. The third-order valence-electron chi connectivity index (χ3n) is 2.93. The average molecular weight is 288 g/mol. The van der Waals surface area contributed by atoms with E-state index in [4.69, 9.17) is 23.2 Å². The first-order valence-corrected chi connectivity index (χ1v) is 6.87. The molecule has 0 radical (unpaired) electrons. The summed E-state index contributed by atoms with van der Waals surface area (Å²) in [5.41, 5.74) is 1.56. The quantitative estimate of drug-likeness (QED) is 0.814. The van der Waals surface area contributed by atoms with E-state index < -0.39 is 0 Å². The zero-order valence-electron chi connectivity index (χ0n) is 11.0. The van der Waals surface area contributed by atoms with Crippen molar-refractivity contribution in [2.75, 3.05) is 12.4 Å². The molecule has 0 aromatic heterocycles. The molecule has 18 heavy (non-hydrogen) atoms. The topological polar surface area (TPSA) is 29.1 Å². The Morgan fingerprint density at radius 2 is 2.06 bits per heavy atom. The molecule has 0 unspecified atom stereocenters. The Kier molecular flexibility index (Phi) is 5.48. The van der Waals surface area contributed by atoms with Gasteiger partial charge in [0.15, 0.2) is 0 Å². The minimum absolute atomic E-state index is 0.0116. The van der Waals surface area contributed by atoms with Gasteiger partial charge in [-0.1, -0.05) is 25.4 Å². The van der Waals surface area contributed by atoms with Crippen LogP contribution >= 0.6 is 23.2 Å². The van der Waals surface area contributed by atoms with Crippen molar-refractivity contribution in [1.82, 2.24) is 5.32 Å². The van der Waals surface area contributed by atoms with Crippen LogP contribution in [0.5, 0.6) is 0 Å². The van der Waals surface area contributed by atoms with Gasteiger partial charge in [-0.05, 0) is 42.5 Å². The molecular formula is C14H19Cl2NO. The molecular weight excluding hydrogens is 269 g/mol. The first kappa shape index (κ1) is 15.3. The third kappa shape index (κ3) is 4.51. The summed E-state index contributed by atoms with van der Waals surface area (Å²) in [7, 11) is 0. The summed E-state index contributed by atoms with van der Waals surface area (Å²) in [6.07, 6.45) is 0.869. The molecule has 1 N–H and O–H groups in total. The zero-order chi connectivity index (χ0) is 13.8. The summed E-state index contributed by atoms with van der Waals surface area (Å²) >= 11 is 11.6. The smallest absolute Gasteiger partial charge is 0.251 e. The molecule has 1 aromatic carbocycles. The summed E-state index contributed by atoms with van der Waals surface area (Å²) in [5.74, 6) is 0.537. The third-order valence-corrected chi connectivity index (χ3v) is 3.36. The molecule has 0 spiro atoms. The number of halogens is 2. The molecule has 0 saturated heterocycles. The van der Waals surface area contributed by atoms with Crippen LogP contribution in [0.4, 0.5) is 0 Å². The van der Waals surface area contributed by atoms with Crippen LogP contribution < -0.4 is 5.32 Å². The number of nitrogens with one attached hydrogen (secondary N) is 1. The molecule has 0 atom stereocenters. The number of benzene rings is 1. The minimum Gasteiger partial charge on any atom is -0.351 e. The van der Waals surface area contributed by atoms with Gasteiger partial charge in [-0.2, -0.15) is 0 Å². The summed E-state index contributed by atoms with van der Waals surface area (Å²) in [6, 6.07) is 5.27. The maximum Gasteiger partial charge on any atom is 0.251 e. The molecule has 0 aliphatic rings. The molecule has 0 fully saturated rings. The number of hydrogen-bond acceptors (Lipinski definition) is 1. The molecule has 0 aliphatic carbocycles. The van der Waals surface area contributed by atoms with Crippen molar-refractivity contribution in [2.45, 2.75) is 27.2 Å². The number of alkyl halides is 1. The van der Waals surface area contributed by atoms with Gasteiger partial charge < -0.3 is 5.32 Å². The van der Waals surface area contributed by atoms with E-state index in [1.807, 2.05) is 6.92 Å². The van der Waals surface area contributed by atoms with Crippen LogP contribution in [0.15, 0.2) is 18.2 Å². The van der Waals surface area contributed by atoms with Gasteiger partial charge in [0.2, 0.25) is 0 Å². The van der Waals surface area contributed by atoms with Crippen molar-refractivity contribution in [3.05, 3.63) is 34.3 Å². The van der Waals surface area contributed by atoms with Crippen LogP contribution in [0, 0.1) is 12.3 Å². The molecule has 2 nitrogen and oxygen atoms in total. The lowest BCUT2D eigenvalue weighted by molar-refractivity contribution is 0.0935. The highest BCUT2D eigenvalue weighted by Gasteiger charge is 2.19. The largest absolute Gasteiger partial charge is 0.351 e. The van der Waals surface area contributed by atoms with Crippen molar-refractivity contribution >= 4 is 29.1 Å². The zero-order valence-corrected chi connectivity index (χ0v) is 12.5. The lowest BCUT2D eigenvalue weighted by atomic mass is 9.90. The van der Waals surface area contributed by atoms with Crippen molar-refractivity contribution in [1.29, 1.82) is 0 Å². The van der Waals surface area contributed by atoms with Crippen molar-refractivity contribution in [3.63, 3.8) is 0 Å². The number of carbonyl (C=O) groups excluding carboxylic acids is 1. The predicted molar refractivity (Wildman–Crippen MR) is 77.6 cm³/mol. The fourth-order valence-corrected chi connectivity index (χ4v) is 2.38. The molecule has 0 aliphatic heterocycles. The second-order valence-corrected chi connectivity index (χ2v) is 6.06. The Morgan fingerprint density at radius 3 is 2.61 bits per heavy atom. The fraction of sp³-hybridized carbons (Fsp3) is 0.500. The van der Waals surface area contributed by atoms with Gasteiger partial charge in [0, 0.05) is 23.0 Å². The van der Waals surface area contributed by atoms with E-state index in [-0.39, 0.29) is 11.3 Å². The van der Waals surface area contributed by atoms with Gasteiger partial charge in [0.25, 0.3) is 5.91 Å².